The molecule has 2 heterocycles. The number of carbonyl (C=O) groups excluding carboxylic acids is 1. The molecule has 3 rings (SSSR count). The number of aromatic nitrogens is 1. The molecule has 6 heteroatoms. The highest BCUT2D eigenvalue weighted by Gasteiger charge is 2.41. The fraction of sp³-hybridized carbons (Fsp3) is 0.600. The van der Waals surface area contributed by atoms with Gasteiger partial charge in [0.2, 0.25) is 0 Å². The van der Waals surface area contributed by atoms with Gasteiger partial charge in [0.1, 0.15) is 5.56 Å². The van der Waals surface area contributed by atoms with Crippen LogP contribution in [0.5, 0.6) is 0 Å². The minimum absolute atomic E-state index is 0.00560. The predicted octanol–water partition coefficient (Wildman–Crippen LogP) is 2.44. The molecule has 114 valence electrons. The highest BCUT2D eigenvalue weighted by atomic mass is 19.3. The summed E-state index contributed by atoms with van der Waals surface area (Å²) in [5, 5.41) is 0. The summed E-state index contributed by atoms with van der Waals surface area (Å²) in [7, 11) is 0. The highest BCUT2D eigenvalue weighted by Crippen LogP contribution is 2.33. The summed E-state index contributed by atoms with van der Waals surface area (Å²) in [5.41, 5.74) is -0.375. The van der Waals surface area contributed by atoms with Gasteiger partial charge in [0, 0.05) is 24.7 Å². The maximum absolute atomic E-state index is 13.5. The third kappa shape index (κ3) is 2.71. The number of carbonyl (C=O) groups is 1. The van der Waals surface area contributed by atoms with Crippen LogP contribution in [0.25, 0.3) is 0 Å². The lowest BCUT2D eigenvalue weighted by Crippen LogP contribution is -2.51. The summed E-state index contributed by atoms with van der Waals surface area (Å²) in [6.45, 7) is 1.14. The topological polar surface area (TPSA) is 42.3 Å². The van der Waals surface area contributed by atoms with Crippen molar-refractivity contribution in [1.82, 2.24) is 9.47 Å². The predicted molar refractivity (Wildman–Crippen MR) is 73.7 cm³/mol. The average molecular weight is 296 g/mol. The minimum Gasteiger partial charge on any atom is -0.330 e. The van der Waals surface area contributed by atoms with E-state index in [1.165, 1.54) is 6.07 Å². The zero-order valence-electron chi connectivity index (χ0n) is 11.9. The second-order valence-corrected chi connectivity index (χ2v) is 6.04. The van der Waals surface area contributed by atoms with Crippen molar-refractivity contribution in [3.63, 3.8) is 0 Å². The molecule has 4 nitrogen and oxygen atoms in total. The Morgan fingerprint density at radius 1 is 1.33 bits per heavy atom. The van der Waals surface area contributed by atoms with Crippen molar-refractivity contribution in [1.29, 1.82) is 0 Å². The summed E-state index contributed by atoms with van der Waals surface area (Å²) in [5.74, 6) is -3.45. The van der Waals surface area contributed by atoms with Crippen molar-refractivity contribution in [2.24, 2.45) is 0 Å². The molecule has 1 aromatic heterocycles. The zero-order chi connectivity index (χ0) is 15.2. The van der Waals surface area contributed by atoms with E-state index in [4.69, 9.17) is 0 Å². The molecule has 21 heavy (non-hydrogen) atoms. The van der Waals surface area contributed by atoms with Gasteiger partial charge in [0.25, 0.3) is 17.4 Å². The molecule has 1 unspecified atom stereocenters. The van der Waals surface area contributed by atoms with Crippen LogP contribution in [0.3, 0.4) is 0 Å². The summed E-state index contributed by atoms with van der Waals surface area (Å²) in [6, 6.07) is 2.96. The van der Waals surface area contributed by atoms with Gasteiger partial charge in [-0.05, 0) is 38.3 Å². The number of nitrogens with zero attached hydrogens (tertiary/aromatic N) is 2. The van der Waals surface area contributed by atoms with Crippen LogP contribution >= 0.6 is 0 Å². The minimum atomic E-state index is -2.87. The van der Waals surface area contributed by atoms with Gasteiger partial charge < -0.3 is 9.47 Å². The molecule has 1 aliphatic heterocycles. The molecule has 1 aliphatic carbocycles. The van der Waals surface area contributed by atoms with Crippen molar-refractivity contribution >= 4 is 5.91 Å². The summed E-state index contributed by atoms with van der Waals surface area (Å²) < 4.78 is 28.6. The Labute approximate surface area is 121 Å². The first kappa shape index (κ1) is 14.2. The fourth-order valence-electron chi connectivity index (χ4n) is 2.80. The third-order valence-corrected chi connectivity index (χ3v) is 4.27. The number of likely N-dealkylation sites (tertiary alicyclic amines) is 1. The van der Waals surface area contributed by atoms with Gasteiger partial charge in [0.15, 0.2) is 0 Å². The molecule has 2 fully saturated rings. The van der Waals surface area contributed by atoms with Crippen LogP contribution in [0.2, 0.25) is 0 Å². The molecule has 0 N–H and O–H groups in total. The smallest absolute Gasteiger partial charge is 0.265 e. The van der Waals surface area contributed by atoms with Gasteiger partial charge in [-0.1, -0.05) is 0 Å². The number of amides is 1. The average Bonchev–Trinajstić information content (AvgIpc) is 3.25. The molecular weight excluding hydrogens is 278 g/mol. The Bertz CT molecular complexity index is 622. The van der Waals surface area contributed by atoms with Gasteiger partial charge in [-0.2, -0.15) is 0 Å². The van der Waals surface area contributed by atoms with Crippen molar-refractivity contribution in [2.45, 2.75) is 50.6 Å². The number of alkyl halides is 2. The molecule has 1 atom stereocenters. The van der Waals surface area contributed by atoms with Crippen molar-refractivity contribution < 1.29 is 13.6 Å². The van der Waals surface area contributed by atoms with E-state index >= 15 is 0 Å². The van der Waals surface area contributed by atoms with E-state index in [2.05, 4.69) is 0 Å². The molecule has 1 saturated heterocycles. The lowest BCUT2D eigenvalue weighted by atomic mass is 9.99. The largest absolute Gasteiger partial charge is 0.330 e. The Kier molecular flexibility index (Phi) is 3.34. The van der Waals surface area contributed by atoms with E-state index in [0.29, 0.717) is 0 Å². The van der Waals surface area contributed by atoms with Crippen molar-refractivity contribution in [3.8, 4) is 0 Å². The normalized spacial score (nSPS) is 24.9. The van der Waals surface area contributed by atoms with E-state index in [0.717, 1.165) is 17.7 Å². The van der Waals surface area contributed by atoms with E-state index < -0.39 is 18.4 Å². The van der Waals surface area contributed by atoms with Crippen LogP contribution in [0.15, 0.2) is 23.1 Å². The van der Waals surface area contributed by atoms with Crippen LogP contribution in [-0.4, -0.2) is 33.9 Å². The number of pyridine rings is 1. The van der Waals surface area contributed by atoms with Crippen molar-refractivity contribution in [3.05, 3.63) is 34.2 Å². The monoisotopic (exact) mass is 296 g/mol. The molecule has 0 spiro atoms. The Morgan fingerprint density at radius 2 is 2.05 bits per heavy atom. The molecule has 1 aromatic rings. The molecule has 0 radical (unpaired) electrons. The lowest BCUT2D eigenvalue weighted by molar-refractivity contribution is -0.0695. The van der Waals surface area contributed by atoms with E-state index in [1.54, 1.807) is 23.8 Å². The Morgan fingerprint density at radius 3 is 2.71 bits per heavy atom. The Balaban J connectivity index is 1.91. The maximum Gasteiger partial charge on any atom is 0.265 e. The van der Waals surface area contributed by atoms with E-state index in [1.807, 2.05) is 0 Å². The van der Waals surface area contributed by atoms with E-state index in [9.17, 15) is 18.4 Å². The van der Waals surface area contributed by atoms with Crippen LogP contribution < -0.4 is 5.56 Å². The molecule has 1 saturated carbocycles. The second-order valence-electron chi connectivity index (χ2n) is 6.04. The maximum atomic E-state index is 13.5. The third-order valence-electron chi connectivity index (χ3n) is 4.27. The number of halogens is 2. The molecule has 0 bridgehead atoms. The number of hydrogen-bond acceptors (Lipinski definition) is 2. The van der Waals surface area contributed by atoms with Crippen LogP contribution in [0.4, 0.5) is 8.78 Å². The van der Waals surface area contributed by atoms with Crippen LogP contribution in [0, 0.1) is 0 Å². The number of rotatable bonds is 2. The highest BCUT2D eigenvalue weighted by molar-refractivity contribution is 5.94. The number of hydrogen-bond donors (Lipinski definition) is 0. The van der Waals surface area contributed by atoms with Gasteiger partial charge in [-0.25, -0.2) is 8.78 Å². The quantitative estimate of drug-likeness (QED) is 0.841. The zero-order valence-corrected chi connectivity index (χ0v) is 11.9. The molecule has 0 aromatic carbocycles. The summed E-state index contributed by atoms with van der Waals surface area (Å²) >= 11 is 0. The van der Waals surface area contributed by atoms with Crippen molar-refractivity contribution in [2.75, 3.05) is 6.54 Å². The molecular formula is C15H18F2N2O2. The summed E-state index contributed by atoms with van der Waals surface area (Å²) in [4.78, 5) is 26.0. The van der Waals surface area contributed by atoms with Gasteiger partial charge in [-0.3, -0.25) is 9.59 Å². The first-order valence-corrected chi connectivity index (χ1v) is 7.29. The lowest BCUT2D eigenvalue weighted by Gasteiger charge is -2.37. The number of piperidine rings is 1. The summed E-state index contributed by atoms with van der Waals surface area (Å²) in [6.07, 6.45) is 3.55. The van der Waals surface area contributed by atoms with Crippen LogP contribution in [0.1, 0.15) is 49.0 Å². The van der Waals surface area contributed by atoms with E-state index in [-0.39, 0.29) is 36.0 Å². The Hall–Kier alpha value is -1.72. The van der Waals surface area contributed by atoms with Gasteiger partial charge in [0.05, 0.1) is 6.54 Å². The second kappa shape index (κ2) is 4.93. The van der Waals surface area contributed by atoms with Gasteiger partial charge in [-0.15, -0.1) is 0 Å². The standard InChI is InChI=1S/C15H18F2N2O2/c1-10-6-7-15(16,17)9-19(10)14(21)12-3-2-8-18(13(12)20)11-4-5-11/h2-3,8,10-11H,4-7,9H2,1H3. The first-order valence-electron chi connectivity index (χ1n) is 7.29. The molecule has 2 aliphatic rings. The SMILES string of the molecule is CC1CCC(F)(F)CN1C(=O)c1cccn(C2CC2)c1=O. The van der Waals surface area contributed by atoms with Crippen LogP contribution in [-0.2, 0) is 0 Å². The molecule has 1 amide bonds. The van der Waals surface area contributed by atoms with Gasteiger partial charge >= 0.3 is 0 Å². The first-order chi connectivity index (χ1) is 9.89. The fourth-order valence-corrected chi connectivity index (χ4v) is 2.80.